The number of urea groups is 2. The highest BCUT2D eigenvalue weighted by molar-refractivity contribution is 6.00. The predicted molar refractivity (Wildman–Crippen MR) is 128 cm³/mol. The summed E-state index contributed by atoms with van der Waals surface area (Å²) in [5.74, 6) is -0.491. The Kier molecular flexibility index (Phi) is 7.71. The molecular formula is C25H30N4O4. The lowest BCUT2D eigenvalue weighted by Gasteiger charge is -2.35. The van der Waals surface area contributed by atoms with E-state index in [2.05, 4.69) is 22.9 Å². The number of allylic oxidation sites excluding steroid dienone is 1. The van der Waals surface area contributed by atoms with Crippen LogP contribution < -0.4 is 16.0 Å². The monoisotopic (exact) mass is 450 g/mol. The Hall–Kier alpha value is -3.81. The van der Waals surface area contributed by atoms with Crippen molar-refractivity contribution in [3.63, 3.8) is 0 Å². The molecule has 0 radical (unpaired) electrons. The number of methoxy groups -OCH3 is 1. The summed E-state index contributed by atoms with van der Waals surface area (Å²) in [7, 11) is 1.32. The molecular weight excluding hydrogens is 420 g/mol. The van der Waals surface area contributed by atoms with Gasteiger partial charge in [-0.1, -0.05) is 38.1 Å². The molecule has 3 rings (SSSR count). The van der Waals surface area contributed by atoms with Crippen LogP contribution in [0.5, 0.6) is 0 Å². The number of carbonyl (C=O) groups is 3. The Morgan fingerprint density at radius 2 is 1.58 bits per heavy atom. The largest absolute Gasteiger partial charge is 0.466 e. The Morgan fingerprint density at radius 1 is 1.00 bits per heavy atom. The molecule has 2 aromatic rings. The number of carbonyl (C=O) groups excluding carboxylic acids is 3. The van der Waals surface area contributed by atoms with Gasteiger partial charge in [0.15, 0.2) is 0 Å². The van der Waals surface area contributed by atoms with Gasteiger partial charge in [0.05, 0.1) is 18.7 Å². The van der Waals surface area contributed by atoms with Crippen LogP contribution in [0.3, 0.4) is 0 Å². The second-order valence-corrected chi connectivity index (χ2v) is 7.78. The third-order valence-corrected chi connectivity index (χ3v) is 5.57. The Bertz CT molecular complexity index is 1050. The van der Waals surface area contributed by atoms with Gasteiger partial charge in [-0.05, 0) is 55.2 Å². The van der Waals surface area contributed by atoms with Crippen LogP contribution in [-0.4, -0.2) is 36.6 Å². The van der Waals surface area contributed by atoms with E-state index in [1.807, 2.05) is 31.2 Å². The summed E-state index contributed by atoms with van der Waals surface area (Å²) in [6.07, 6.45) is 1.69. The lowest BCUT2D eigenvalue weighted by molar-refractivity contribution is -0.136. The fourth-order valence-corrected chi connectivity index (χ4v) is 3.77. The van der Waals surface area contributed by atoms with Gasteiger partial charge in [0.25, 0.3) is 0 Å². The number of ether oxygens (including phenoxy) is 1. The van der Waals surface area contributed by atoms with Gasteiger partial charge in [0, 0.05) is 23.6 Å². The Labute approximate surface area is 194 Å². The first-order chi connectivity index (χ1) is 15.9. The maximum Gasteiger partial charge on any atom is 0.337 e. The van der Waals surface area contributed by atoms with Crippen LogP contribution in [-0.2, 0) is 16.0 Å². The number of nitrogens with zero attached hydrogens (tertiary/aromatic N) is 1. The highest BCUT2D eigenvalue weighted by Gasteiger charge is 2.35. The summed E-state index contributed by atoms with van der Waals surface area (Å²) in [4.78, 5) is 39.0. The average molecular weight is 451 g/mol. The highest BCUT2D eigenvalue weighted by Crippen LogP contribution is 2.32. The molecule has 2 aromatic carbocycles. The summed E-state index contributed by atoms with van der Waals surface area (Å²) >= 11 is 0. The number of aryl methyl sites for hydroxylation is 1. The topological polar surface area (TPSA) is 99.8 Å². The SMILES string of the molecule is CCCN1C(=O)NC(c2ccc(NC(=O)Nc3ccc(CC)cc3)cc2)C(C(=O)OC)=C1C. The zero-order valence-electron chi connectivity index (χ0n) is 19.4. The second kappa shape index (κ2) is 10.7. The van der Waals surface area contributed by atoms with Crippen LogP contribution in [0.4, 0.5) is 21.0 Å². The van der Waals surface area contributed by atoms with Crippen LogP contribution >= 0.6 is 0 Å². The van der Waals surface area contributed by atoms with Gasteiger partial charge in [-0.2, -0.15) is 0 Å². The molecule has 8 heteroatoms. The number of anilines is 2. The molecule has 33 heavy (non-hydrogen) atoms. The number of hydrogen-bond acceptors (Lipinski definition) is 4. The summed E-state index contributed by atoms with van der Waals surface area (Å²) in [5, 5.41) is 8.48. The van der Waals surface area contributed by atoms with Gasteiger partial charge in [0.2, 0.25) is 0 Å². The summed E-state index contributed by atoms with van der Waals surface area (Å²) in [6.45, 7) is 6.29. The lowest BCUT2D eigenvalue weighted by atomic mass is 9.94. The van der Waals surface area contributed by atoms with Crippen molar-refractivity contribution in [2.75, 3.05) is 24.3 Å². The lowest BCUT2D eigenvalue weighted by Crippen LogP contribution is -2.48. The van der Waals surface area contributed by atoms with E-state index in [9.17, 15) is 14.4 Å². The second-order valence-electron chi connectivity index (χ2n) is 7.78. The number of amides is 4. The average Bonchev–Trinajstić information content (AvgIpc) is 2.82. The van der Waals surface area contributed by atoms with Crippen molar-refractivity contribution >= 4 is 29.4 Å². The minimum absolute atomic E-state index is 0.261. The van der Waals surface area contributed by atoms with Gasteiger partial charge in [-0.15, -0.1) is 0 Å². The molecule has 4 amide bonds. The maximum absolute atomic E-state index is 12.6. The molecule has 1 unspecified atom stereocenters. The summed E-state index contributed by atoms with van der Waals surface area (Å²) < 4.78 is 4.98. The Morgan fingerprint density at radius 3 is 2.09 bits per heavy atom. The first kappa shape index (κ1) is 23.8. The molecule has 3 N–H and O–H groups in total. The van der Waals surface area contributed by atoms with Crippen molar-refractivity contribution in [1.82, 2.24) is 10.2 Å². The van der Waals surface area contributed by atoms with Crippen LogP contribution in [0.1, 0.15) is 44.4 Å². The molecule has 0 aromatic heterocycles. The quantitative estimate of drug-likeness (QED) is 0.527. The predicted octanol–water partition coefficient (Wildman–Crippen LogP) is 4.82. The van der Waals surface area contributed by atoms with Crippen molar-refractivity contribution in [3.8, 4) is 0 Å². The van der Waals surface area contributed by atoms with Crippen molar-refractivity contribution in [2.24, 2.45) is 0 Å². The molecule has 1 aliphatic rings. The van der Waals surface area contributed by atoms with Gasteiger partial charge >= 0.3 is 18.0 Å². The van der Waals surface area contributed by atoms with Gasteiger partial charge < -0.3 is 20.7 Å². The van der Waals surface area contributed by atoms with Crippen LogP contribution in [0.2, 0.25) is 0 Å². The molecule has 0 spiro atoms. The number of hydrogen-bond donors (Lipinski definition) is 3. The summed E-state index contributed by atoms with van der Waals surface area (Å²) in [6, 6.07) is 13.4. The van der Waals surface area contributed by atoms with E-state index in [4.69, 9.17) is 4.74 Å². The molecule has 1 heterocycles. The molecule has 8 nitrogen and oxygen atoms in total. The third-order valence-electron chi connectivity index (χ3n) is 5.57. The Balaban J connectivity index is 1.75. The fraction of sp³-hybridized carbons (Fsp3) is 0.320. The van der Waals surface area contributed by atoms with Crippen molar-refractivity contribution in [3.05, 3.63) is 70.9 Å². The van der Waals surface area contributed by atoms with Gasteiger partial charge in [0.1, 0.15) is 0 Å². The zero-order chi connectivity index (χ0) is 24.0. The number of nitrogens with one attached hydrogen (secondary N) is 3. The van der Waals surface area contributed by atoms with E-state index in [-0.39, 0.29) is 12.1 Å². The van der Waals surface area contributed by atoms with E-state index >= 15 is 0 Å². The standard InChI is InChI=1S/C25H30N4O4/c1-5-15-29-16(3)21(23(30)33-4)22(28-25(29)32)18-9-13-20(14-10-18)27-24(31)26-19-11-7-17(6-2)8-12-19/h7-14,22H,5-6,15H2,1-4H3,(H,28,32)(H2,26,27,31). The van der Waals surface area contributed by atoms with Crippen molar-refractivity contribution in [1.29, 1.82) is 0 Å². The normalized spacial score (nSPS) is 15.7. The summed E-state index contributed by atoms with van der Waals surface area (Å²) in [5.41, 5.74) is 4.15. The molecule has 0 aliphatic carbocycles. The van der Waals surface area contributed by atoms with E-state index in [1.54, 1.807) is 36.1 Å². The highest BCUT2D eigenvalue weighted by atomic mass is 16.5. The van der Waals surface area contributed by atoms with Crippen LogP contribution in [0.15, 0.2) is 59.8 Å². The van der Waals surface area contributed by atoms with E-state index in [1.165, 1.54) is 12.7 Å². The van der Waals surface area contributed by atoms with Crippen LogP contribution in [0, 0.1) is 0 Å². The molecule has 1 atom stereocenters. The molecule has 0 saturated carbocycles. The maximum atomic E-state index is 12.6. The molecule has 1 aliphatic heterocycles. The minimum Gasteiger partial charge on any atom is -0.466 e. The zero-order valence-corrected chi connectivity index (χ0v) is 19.4. The smallest absolute Gasteiger partial charge is 0.337 e. The molecule has 0 saturated heterocycles. The number of esters is 1. The third kappa shape index (κ3) is 5.52. The van der Waals surface area contributed by atoms with Crippen molar-refractivity contribution < 1.29 is 19.1 Å². The van der Waals surface area contributed by atoms with E-state index in [0.29, 0.717) is 34.8 Å². The fourth-order valence-electron chi connectivity index (χ4n) is 3.77. The van der Waals surface area contributed by atoms with E-state index in [0.717, 1.165) is 12.8 Å². The van der Waals surface area contributed by atoms with E-state index < -0.39 is 12.0 Å². The number of rotatable bonds is 7. The van der Waals surface area contributed by atoms with Crippen molar-refractivity contribution in [2.45, 2.75) is 39.7 Å². The van der Waals surface area contributed by atoms with Gasteiger partial charge in [-0.25, -0.2) is 14.4 Å². The molecule has 0 fully saturated rings. The van der Waals surface area contributed by atoms with Gasteiger partial charge in [-0.3, -0.25) is 4.90 Å². The first-order valence-electron chi connectivity index (χ1n) is 11.0. The molecule has 174 valence electrons. The minimum atomic E-state index is -0.641. The first-order valence-corrected chi connectivity index (χ1v) is 11.0. The van der Waals surface area contributed by atoms with Crippen LogP contribution in [0.25, 0.3) is 0 Å². The number of benzene rings is 2. The molecule has 0 bridgehead atoms.